The number of thiazole rings is 1. The topological polar surface area (TPSA) is 84.8 Å². The van der Waals surface area contributed by atoms with Gasteiger partial charge in [-0.3, -0.25) is 14.5 Å². The van der Waals surface area contributed by atoms with Crippen molar-refractivity contribution in [3.8, 4) is 17.1 Å². The van der Waals surface area contributed by atoms with Gasteiger partial charge < -0.3 is 10.1 Å². The highest BCUT2D eigenvalue weighted by atomic mass is 32.1. The number of carbonyl (C=O) groups excluding carboxylic acids is 1. The summed E-state index contributed by atoms with van der Waals surface area (Å²) in [6.45, 7) is 0.288. The van der Waals surface area contributed by atoms with E-state index in [2.05, 4.69) is 20.5 Å². The van der Waals surface area contributed by atoms with Crippen LogP contribution in [0.4, 0.5) is 13.9 Å². The molecule has 2 N–H and O–H groups in total. The number of fused-ring (bicyclic) bond motifs is 1. The Bertz CT molecular complexity index is 1240. The molecule has 2 heterocycles. The normalized spacial score (nSPS) is 11.0. The molecule has 0 aliphatic rings. The second-order valence-electron chi connectivity index (χ2n) is 6.28. The summed E-state index contributed by atoms with van der Waals surface area (Å²) < 4.78 is 34.4. The number of aromatic nitrogens is 4. The fourth-order valence-electron chi connectivity index (χ4n) is 2.86. The van der Waals surface area contributed by atoms with Crippen LogP contribution < -0.4 is 10.1 Å². The van der Waals surface area contributed by atoms with E-state index in [1.165, 1.54) is 0 Å². The first-order valence-electron chi connectivity index (χ1n) is 8.79. The van der Waals surface area contributed by atoms with Crippen molar-refractivity contribution in [2.45, 2.75) is 13.0 Å². The molecule has 0 radical (unpaired) electrons. The number of nitrogens with zero attached hydrogens (tertiary/aromatic N) is 3. The molecule has 0 spiro atoms. The third-order valence-corrected chi connectivity index (χ3v) is 5.59. The van der Waals surface area contributed by atoms with E-state index < -0.39 is 11.6 Å². The lowest BCUT2D eigenvalue weighted by molar-refractivity contribution is -0.116. The lowest BCUT2D eigenvalue weighted by Gasteiger charge is -2.07. The first-order valence-corrected chi connectivity index (χ1v) is 10.0. The predicted molar refractivity (Wildman–Crippen MR) is 112 cm³/mol. The summed E-state index contributed by atoms with van der Waals surface area (Å²) in [6.07, 6.45) is 0.107. The molecule has 2 aromatic heterocycles. The number of ether oxygens (including phenoxy) is 1. The van der Waals surface area contributed by atoms with Crippen molar-refractivity contribution < 1.29 is 18.3 Å². The van der Waals surface area contributed by atoms with Gasteiger partial charge in [-0.25, -0.2) is 13.8 Å². The third-order valence-electron chi connectivity index (χ3n) is 4.35. The van der Waals surface area contributed by atoms with Crippen LogP contribution in [0.2, 0.25) is 0 Å². The number of benzene rings is 2. The van der Waals surface area contributed by atoms with Crippen molar-refractivity contribution in [3.05, 3.63) is 52.8 Å². The van der Waals surface area contributed by atoms with E-state index in [4.69, 9.17) is 17.0 Å². The molecule has 30 heavy (non-hydrogen) atoms. The van der Waals surface area contributed by atoms with Gasteiger partial charge in [-0.2, -0.15) is 5.10 Å². The van der Waals surface area contributed by atoms with E-state index in [-0.39, 0.29) is 29.5 Å². The monoisotopic (exact) mass is 447 g/mol. The fourth-order valence-corrected chi connectivity index (χ4v) is 3.97. The highest BCUT2D eigenvalue weighted by molar-refractivity contribution is 7.71. The highest BCUT2D eigenvalue weighted by Crippen LogP contribution is 2.28. The van der Waals surface area contributed by atoms with E-state index >= 15 is 0 Å². The second-order valence-corrected chi connectivity index (χ2v) is 7.70. The molecule has 0 aliphatic carbocycles. The number of nitrogens with one attached hydrogen (secondary N) is 2. The lowest BCUT2D eigenvalue weighted by Crippen LogP contribution is -2.15. The maximum Gasteiger partial charge on any atom is 0.227 e. The summed E-state index contributed by atoms with van der Waals surface area (Å²) in [6, 6.07) is 9.37. The molecule has 4 rings (SSSR count). The van der Waals surface area contributed by atoms with Crippen LogP contribution in [0.15, 0.2) is 36.4 Å². The number of anilines is 1. The molecule has 11 heteroatoms. The Morgan fingerprint density at radius 2 is 2.00 bits per heavy atom. The first kappa shape index (κ1) is 20.1. The van der Waals surface area contributed by atoms with Gasteiger partial charge in [0.25, 0.3) is 0 Å². The summed E-state index contributed by atoms with van der Waals surface area (Å²) in [4.78, 5) is 16.5. The van der Waals surface area contributed by atoms with Gasteiger partial charge in [0.2, 0.25) is 5.91 Å². The number of aromatic amines is 1. The molecule has 0 bridgehead atoms. The van der Waals surface area contributed by atoms with E-state index in [0.717, 1.165) is 34.8 Å². The van der Waals surface area contributed by atoms with Gasteiger partial charge in [0.1, 0.15) is 5.75 Å². The Balaban J connectivity index is 1.46. The SMILES string of the molecule is COc1ccc(-c2n[nH]c(=S)n2CCC(=O)Nc2nc3cc(F)c(F)cc3s2)cc1. The molecule has 7 nitrogen and oxygen atoms in total. The number of hydrogen-bond acceptors (Lipinski definition) is 6. The van der Waals surface area contributed by atoms with E-state index in [1.54, 1.807) is 11.7 Å². The van der Waals surface area contributed by atoms with Crippen LogP contribution in [0.3, 0.4) is 0 Å². The van der Waals surface area contributed by atoms with Crippen molar-refractivity contribution >= 4 is 44.8 Å². The zero-order valence-corrected chi connectivity index (χ0v) is 17.2. The minimum atomic E-state index is -0.980. The smallest absolute Gasteiger partial charge is 0.227 e. The molecule has 0 atom stereocenters. The van der Waals surface area contributed by atoms with Crippen LogP contribution in [0, 0.1) is 16.4 Å². The first-order chi connectivity index (χ1) is 14.4. The Labute approximate surface area is 178 Å². The predicted octanol–water partition coefficient (Wildman–Crippen LogP) is 4.53. The number of halogens is 2. The van der Waals surface area contributed by atoms with Gasteiger partial charge in [0.15, 0.2) is 27.4 Å². The zero-order chi connectivity index (χ0) is 21.3. The molecule has 1 amide bonds. The highest BCUT2D eigenvalue weighted by Gasteiger charge is 2.14. The second kappa shape index (κ2) is 8.28. The number of H-pyrrole nitrogens is 1. The molecule has 0 unspecified atom stereocenters. The molecule has 0 saturated carbocycles. The molecule has 0 fully saturated rings. The summed E-state index contributed by atoms with van der Waals surface area (Å²) in [5.41, 5.74) is 1.10. The third kappa shape index (κ3) is 4.07. The standard InChI is InChI=1S/C19H15F2N5O2S2/c1-28-11-4-2-10(3-5-11)17-24-25-19(29)26(17)7-6-16(27)23-18-22-14-8-12(20)13(21)9-15(14)30-18/h2-5,8-9H,6-7H2,1H3,(H,25,29)(H,22,23,27). The summed E-state index contributed by atoms with van der Waals surface area (Å²) >= 11 is 6.35. The van der Waals surface area contributed by atoms with Gasteiger partial charge in [-0.05, 0) is 42.5 Å². The number of carbonyl (C=O) groups is 1. The van der Waals surface area contributed by atoms with E-state index in [9.17, 15) is 13.6 Å². The van der Waals surface area contributed by atoms with Crippen molar-refractivity contribution in [3.63, 3.8) is 0 Å². The average Bonchev–Trinajstić information content (AvgIpc) is 3.29. The molecule has 154 valence electrons. The number of hydrogen-bond donors (Lipinski definition) is 2. The Kier molecular flexibility index (Phi) is 5.55. The van der Waals surface area contributed by atoms with Crippen molar-refractivity contribution in [1.82, 2.24) is 19.7 Å². The number of methoxy groups -OCH3 is 1. The lowest BCUT2D eigenvalue weighted by atomic mass is 10.2. The molecule has 2 aromatic carbocycles. The van der Waals surface area contributed by atoms with Crippen LogP contribution in [-0.4, -0.2) is 32.8 Å². The van der Waals surface area contributed by atoms with Crippen LogP contribution in [0.25, 0.3) is 21.6 Å². The minimum absolute atomic E-state index is 0.107. The number of amides is 1. The quantitative estimate of drug-likeness (QED) is 0.424. The fraction of sp³-hybridized carbons (Fsp3) is 0.158. The van der Waals surface area contributed by atoms with Crippen LogP contribution in [0.5, 0.6) is 5.75 Å². The molecule has 4 aromatic rings. The van der Waals surface area contributed by atoms with Gasteiger partial charge in [-0.15, -0.1) is 0 Å². The summed E-state index contributed by atoms with van der Waals surface area (Å²) in [5, 5.41) is 9.90. The van der Waals surface area contributed by atoms with Crippen molar-refractivity contribution in [2.24, 2.45) is 0 Å². The van der Waals surface area contributed by atoms with Crippen molar-refractivity contribution in [2.75, 3.05) is 12.4 Å². The maximum atomic E-state index is 13.3. The summed E-state index contributed by atoms with van der Waals surface area (Å²) in [5.74, 6) is -0.926. The summed E-state index contributed by atoms with van der Waals surface area (Å²) in [7, 11) is 1.59. The Hall–Kier alpha value is -3.18. The van der Waals surface area contributed by atoms with Gasteiger partial charge in [0, 0.05) is 24.6 Å². The molecular weight excluding hydrogens is 432 g/mol. The minimum Gasteiger partial charge on any atom is -0.497 e. The number of rotatable bonds is 6. The van der Waals surface area contributed by atoms with Gasteiger partial charge in [-0.1, -0.05) is 11.3 Å². The molecule has 0 saturated heterocycles. The van der Waals surface area contributed by atoms with E-state index in [0.29, 0.717) is 15.3 Å². The maximum absolute atomic E-state index is 13.3. The van der Waals surface area contributed by atoms with Crippen LogP contribution >= 0.6 is 23.6 Å². The Morgan fingerprint density at radius 3 is 2.73 bits per heavy atom. The zero-order valence-electron chi connectivity index (χ0n) is 15.6. The van der Waals surface area contributed by atoms with E-state index in [1.807, 2.05) is 24.3 Å². The largest absolute Gasteiger partial charge is 0.497 e. The van der Waals surface area contributed by atoms with Crippen LogP contribution in [-0.2, 0) is 11.3 Å². The van der Waals surface area contributed by atoms with Crippen molar-refractivity contribution in [1.29, 1.82) is 0 Å². The van der Waals surface area contributed by atoms with Gasteiger partial charge >= 0.3 is 0 Å². The van der Waals surface area contributed by atoms with Crippen LogP contribution in [0.1, 0.15) is 6.42 Å². The molecule has 0 aliphatic heterocycles. The average molecular weight is 447 g/mol. The Morgan fingerprint density at radius 1 is 1.27 bits per heavy atom. The van der Waals surface area contributed by atoms with Gasteiger partial charge in [0.05, 0.1) is 17.3 Å². The molecular formula is C19H15F2N5O2S2.